The number of carbonyl (C=O) groups is 2. The number of benzene rings is 2. The van der Waals surface area contributed by atoms with Gasteiger partial charge in [0.2, 0.25) is 5.91 Å². The highest BCUT2D eigenvalue weighted by Crippen LogP contribution is 2.31. The maximum Gasteiger partial charge on any atom is 0.264 e. The number of nitrogens with one attached hydrogen (secondary N) is 2. The number of hydrogen-bond donors (Lipinski definition) is 2. The van der Waals surface area contributed by atoms with Crippen molar-refractivity contribution in [1.82, 2.24) is 9.97 Å². The predicted molar refractivity (Wildman–Crippen MR) is 122 cm³/mol. The fourth-order valence-electron chi connectivity index (χ4n) is 3.69. The summed E-state index contributed by atoms with van der Waals surface area (Å²) in [6.07, 6.45) is 3.40. The summed E-state index contributed by atoms with van der Waals surface area (Å²) in [5.41, 5.74) is 3.71. The van der Waals surface area contributed by atoms with Gasteiger partial charge in [-0.2, -0.15) is 0 Å². The summed E-state index contributed by atoms with van der Waals surface area (Å²) in [6.45, 7) is 0.625. The Labute approximate surface area is 182 Å². The van der Waals surface area contributed by atoms with E-state index in [2.05, 4.69) is 15.3 Å². The lowest BCUT2D eigenvalue weighted by Crippen LogP contribution is -2.23. The van der Waals surface area contributed by atoms with Crippen molar-refractivity contribution in [2.24, 2.45) is 0 Å². The van der Waals surface area contributed by atoms with Crippen LogP contribution in [-0.2, 0) is 9.59 Å². The van der Waals surface area contributed by atoms with Gasteiger partial charge in [0.05, 0.1) is 5.69 Å². The molecule has 0 aliphatic carbocycles. The van der Waals surface area contributed by atoms with Crippen LogP contribution in [0.1, 0.15) is 12.8 Å². The second-order valence-corrected chi connectivity index (χ2v) is 8.12. The SMILES string of the molecule is O=C(COc1ccc(N2CCCC2=O)cc1)Nc1nc(-c2c[nH]c3ccccc23)cs1. The number of anilines is 2. The third-order valence-corrected chi connectivity index (χ3v) is 5.97. The molecule has 156 valence electrons. The fourth-order valence-corrected chi connectivity index (χ4v) is 4.41. The van der Waals surface area contributed by atoms with E-state index in [1.165, 1.54) is 11.3 Å². The van der Waals surface area contributed by atoms with Gasteiger partial charge in [-0.1, -0.05) is 18.2 Å². The number of amides is 2. The molecule has 31 heavy (non-hydrogen) atoms. The molecular formula is C23H20N4O3S. The number of nitrogens with zero attached hydrogens (tertiary/aromatic N) is 2. The van der Waals surface area contributed by atoms with Gasteiger partial charge in [-0.05, 0) is 36.8 Å². The van der Waals surface area contributed by atoms with Crippen molar-refractivity contribution in [2.45, 2.75) is 12.8 Å². The van der Waals surface area contributed by atoms with Gasteiger partial charge in [0.1, 0.15) is 5.75 Å². The number of aromatic nitrogens is 2. The lowest BCUT2D eigenvalue weighted by molar-refractivity contribution is -0.118. The van der Waals surface area contributed by atoms with Crippen molar-refractivity contribution >= 4 is 44.9 Å². The summed E-state index contributed by atoms with van der Waals surface area (Å²) in [5.74, 6) is 0.436. The third kappa shape index (κ3) is 4.02. The van der Waals surface area contributed by atoms with E-state index in [0.29, 0.717) is 17.3 Å². The van der Waals surface area contributed by atoms with Crippen molar-refractivity contribution in [1.29, 1.82) is 0 Å². The van der Waals surface area contributed by atoms with Crippen LogP contribution in [0.3, 0.4) is 0 Å². The van der Waals surface area contributed by atoms with Crippen LogP contribution in [0.2, 0.25) is 0 Å². The highest BCUT2D eigenvalue weighted by molar-refractivity contribution is 7.14. The van der Waals surface area contributed by atoms with Gasteiger partial charge in [0, 0.05) is 46.7 Å². The Morgan fingerprint density at radius 3 is 2.84 bits per heavy atom. The van der Waals surface area contributed by atoms with Gasteiger partial charge in [-0.3, -0.25) is 14.9 Å². The molecular weight excluding hydrogens is 412 g/mol. The zero-order chi connectivity index (χ0) is 21.2. The molecule has 2 aromatic carbocycles. The normalized spacial score (nSPS) is 13.7. The topological polar surface area (TPSA) is 87.3 Å². The molecule has 2 N–H and O–H groups in total. The average molecular weight is 433 g/mol. The zero-order valence-corrected chi connectivity index (χ0v) is 17.4. The standard InChI is InChI=1S/C23H20N4O3S/c28-21(13-30-16-9-7-15(8-10-16)27-11-3-6-22(27)29)26-23-25-20(14-31-23)18-12-24-19-5-2-1-4-17(18)19/h1-2,4-5,7-10,12,14,24H,3,6,11,13H2,(H,25,26,28). The second kappa shape index (κ2) is 8.23. The van der Waals surface area contributed by atoms with E-state index >= 15 is 0 Å². The number of fused-ring (bicyclic) bond motifs is 1. The molecule has 0 spiro atoms. The highest BCUT2D eigenvalue weighted by Gasteiger charge is 2.21. The molecule has 1 aliphatic heterocycles. The van der Waals surface area contributed by atoms with Crippen LogP contribution < -0.4 is 15.0 Å². The fraction of sp³-hybridized carbons (Fsp3) is 0.174. The van der Waals surface area contributed by atoms with Crippen molar-refractivity contribution in [2.75, 3.05) is 23.4 Å². The van der Waals surface area contributed by atoms with Crippen molar-refractivity contribution in [3.8, 4) is 17.0 Å². The van der Waals surface area contributed by atoms with Gasteiger partial charge in [-0.15, -0.1) is 11.3 Å². The molecule has 2 aromatic heterocycles. The van der Waals surface area contributed by atoms with E-state index in [1.54, 1.807) is 17.0 Å². The van der Waals surface area contributed by atoms with E-state index in [4.69, 9.17) is 4.74 Å². The first-order valence-corrected chi connectivity index (χ1v) is 10.9. The predicted octanol–water partition coefficient (Wildman–Crippen LogP) is 4.44. The Kier molecular flexibility index (Phi) is 5.13. The molecule has 0 radical (unpaired) electrons. The van der Waals surface area contributed by atoms with E-state index in [0.717, 1.165) is 40.8 Å². The number of thiazole rings is 1. The van der Waals surface area contributed by atoms with Gasteiger partial charge >= 0.3 is 0 Å². The van der Waals surface area contributed by atoms with Crippen LogP contribution in [0.25, 0.3) is 22.2 Å². The largest absolute Gasteiger partial charge is 0.484 e. The maximum absolute atomic E-state index is 12.3. The first-order chi connectivity index (χ1) is 15.2. The lowest BCUT2D eigenvalue weighted by Gasteiger charge is -2.16. The lowest BCUT2D eigenvalue weighted by atomic mass is 10.1. The molecule has 0 atom stereocenters. The van der Waals surface area contributed by atoms with E-state index in [9.17, 15) is 9.59 Å². The molecule has 5 rings (SSSR count). The molecule has 4 aromatic rings. The second-order valence-electron chi connectivity index (χ2n) is 7.27. The molecule has 1 saturated heterocycles. The summed E-state index contributed by atoms with van der Waals surface area (Å²) < 4.78 is 5.58. The minimum absolute atomic E-state index is 0.121. The first-order valence-electron chi connectivity index (χ1n) is 10.0. The van der Waals surface area contributed by atoms with Gasteiger partial charge in [0.25, 0.3) is 5.91 Å². The van der Waals surface area contributed by atoms with Gasteiger partial charge in [0.15, 0.2) is 11.7 Å². The zero-order valence-electron chi connectivity index (χ0n) is 16.6. The molecule has 2 amide bonds. The van der Waals surface area contributed by atoms with Crippen molar-refractivity contribution < 1.29 is 14.3 Å². The summed E-state index contributed by atoms with van der Waals surface area (Å²) >= 11 is 1.37. The van der Waals surface area contributed by atoms with Crippen LogP contribution >= 0.6 is 11.3 Å². The van der Waals surface area contributed by atoms with Crippen LogP contribution in [-0.4, -0.2) is 34.9 Å². The van der Waals surface area contributed by atoms with Crippen molar-refractivity contribution in [3.05, 3.63) is 60.1 Å². The van der Waals surface area contributed by atoms with Crippen LogP contribution in [0.4, 0.5) is 10.8 Å². The summed E-state index contributed by atoms with van der Waals surface area (Å²) in [4.78, 5) is 33.6. The smallest absolute Gasteiger partial charge is 0.264 e. The molecule has 0 unspecified atom stereocenters. The van der Waals surface area contributed by atoms with Crippen LogP contribution in [0, 0.1) is 0 Å². The number of ether oxygens (including phenoxy) is 1. The summed E-state index contributed by atoms with van der Waals surface area (Å²) in [7, 11) is 0. The Hall–Kier alpha value is -3.65. The first kappa shape index (κ1) is 19.3. The summed E-state index contributed by atoms with van der Waals surface area (Å²) in [6, 6.07) is 15.2. The molecule has 1 aliphatic rings. The van der Waals surface area contributed by atoms with E-state index in [1.807, 2.05) is 48.0 Å². The molecule has 3 heterocycles. The minimum Gasteiger partial charge on any atom is -0.484 e. The van der Waals surface area contributed by atoms with E-state index < -0.39 is 0 Å². The molecule has 8 heteroatoms. The Balaban J connectivity index is 1.18. The molecule has 7 nitrogen and oxygen atoms in total. The number of hydrogen-bond acceptors (Lipinski definition) is 5. The number of H-pyrrole nitrogens is 1. The Morgan fingerprint density at radius 1 is 1.19 bits per heavy atom. The minimum atomic E-state index is -0.279. The molecule has 1 fully saturated rings. The number of rotatable bonds is 6. The number of para-hydroxylation sites is 1. The van der Waals surface area contributed by atoms with Gasteiger partial charge < -0.3 is 14.6 Å². The van der Waals surface area contributed by atoms with Crippen LogP contribution in [0.5, 0.6) is 5.75 Å². The quantitative estimate of drug-likeness (QED) is 0.472. The Bertz CT molecular complexity index is 1250. The van der Waals surface area contributed by atoms with E-state index in [-0.39, 0.29) is 18.4 Å². The number of aromatic amines is 1. The number of carbonyl (C=O) groups excluding carboxylic acids is 2. The third-order valence-electron chi connectivity index (χ3n) is 5.21. The molecule has 0 saturated carbocycles. The molecule has 0 bridgehead atoms. The maximum atomic E-state index is 12.3. The van der Waals surface area contributed by atoms with Gasteiger partial charge in [-0.25, -0.2) is 4.98 Å². The van der Waals surface area contributed by atoms with Crippen molar-refractivity contribution in [3.63, 3.8) is 0 Å². The van der Waals surface area contributed by atoms with Crippen LogP contribution in [0.15, 0.2) is 60.1 Å². The highest BCUT2D eigenvalue weighted by atomic mass is 32.1. The Morgan fingerprint density at radius 2 is 2.03 bits per heavy atom. The monoisotopic (exact) mass is 432 g/mol. The average Bonchev–Trinajstić information content (AvgIpc) is 3.52. The summed E-state index contributed by atoms with van der Waals surface area (Å²) in [5, 5.41) is 6.32.